The van der Waals surface area contributed by atoms with E-state index in [1.54, 1.807) is 0 Å². The molecule has 0 bridgehead atoms. The second-order valence-corrected chi connectivity index (χ2v) is 5.56. The van der Waals surface area contributed by atoms with Crippen LogP contribution in [0.2, 0.25) is 5.02 Å². The van der Waals surface area contributed by atoms with Crippen LogP contribution in [-0.4, -0.2) is 16.5 Å². The summed E-state index contributed by atoms with van der Waals surface area (Å²) in [5.41, 5.74) is 5.02. The number of aromatic amines is 1. The third-order valence-electron chi connectivity index (χ3n) is 3.95. The normalized spacial score (nSPS) is 18.1. The van der Waals surface area contributed by atoms with Crippen molar-refractivity contribution in [3.63, 3.8) is 0 Å². The molecule has 4 heteroatoms. The van der Waals surface area contributed by atoms with Gasteiger partial charge in [0.1, 0.15) is 0 Å². The molecule has 4 rings (SSSR count). The van der Waals surface area contributed by atoms with Crippen molar-refractivity contribution in [3.05, 3.63) is 64.6 Å². The smallest absolute Gasteiger partial charge is 0.0733 e. The van der Waals surface area contributed by atoms with Crippen LogP contribution >= 0.6 is 11.6 Å². The van der Waals surface area contributed by atoms with Crippen molar-refractivity contribution in [2.75, 3.05) is 6.54 Å². The van der Waals surface area contributed by atoms with Crippen LogP contribution in [0.5, 0.6) is 0 Å². The Morgan fingerprint density at radius 1 is 1.15 bits per heavy atom. The first-order chi connectivity index (χ1) is 9.83. The largest absolute Gasteiger partial charge is 0.357 e. The topological polar surface area (TPSA) is 40.7 Å². The Morgan fingerprint density at radius 3 is 2.85 bits per heavy atom. The second-order valence-electron chi connectivity index (χ2n) is 5.12. The first-order valence-corrected chi connectivity index (χ1v) is 7.14. The van der Waals surface area contributed by atoms with E-state index in [2.05, 4.69) is 39.6 Å². The van der Waals surface area contributed by atoms with Gasteiger partial charge in [0, 0.05) is 40.6 Å². The molecule has 0 saturated carbocycles. The summed E-state index contributed by atoms with van der Waals surface area (Å²) in [6.07, 6.45) is 4.70. The van der Waals surface area contributed by atoms with Crippen LogP contribution in [0.4, 0.5) is 0 Å². The van der Waals surface area contributed by atoms with Gasteiger partial charge in [-0.1, -0.05) is 11.6 Å². The van der Waals surface area contributed by atoms with Gasteiger partial charge in [-0.25, -0.2) is 0 Å². The Balaban J connectivity index is 1.91. The van der Waals surface area contributed by atoms with E-state index in [4.69, 9.17) is 11.6 Å². The number of fused-ring (bicyclic) bond motifs is 3. The number of nitrogens with one attached hydrogen (secondary N) is 2. The third kappa shape index (κ3) is 1.82. The van der Waals surface area contributed by atoms with Crippen LogP contribution in [-0.2, 0) is 6.42 Å². The van der Waals surface area contributed by atoms with Crippen LogP contribution in [0.1, 0.15) is 22.9 Å². The Morgan fingerprint density at radius 2 is 2.00 bits per heavy atom. The first kappa shape index (κ1) is 11.9. The number of pyridine rings is 1. The highest BCUT2D eigenvalue weighted by atomic mass is 35.5. The molecule has 0 fully saturated rings. The number of hydrogen-bond acceptors (Lipinski definition) is 2. The minimum atomic E-state index is 0.202. The van der Waals surface area contributed by atoms with Gasteiger partial charge in [-0.3, -0.25) is 4.98 Å². The van der Waals surface area contributed by atoms with Gasteiger partial charge in [-0.05, 0) is 47.9 Å². The van der Waals surface area contributed by atoms with Crippen LogP contribution in [0.25, 0.3) is 10.9 Å². The number of hydrogen-bond donors (Lipinski definition) is 2. The van der Waals surface area contributed by atoms with Crippen molar-refractivity contribution in [1.82, 2.24) is 15.3 Å². The second kappa shape index (κ2) is 4.62. The zero-order valence-electron chi connectivity index (χ0n) is 10.9. The Bertz CT molecular complexity index is 764. The molecular weight excluding hydrogens is 270 g/mol. The molecule has 0 amide bonds. The van der Waals surface area contributed by atoms with E-state index in [0.29, 0.717) is 0 Å². The van der Waals surface area contributed by atoms with Gasteiger partial charge >= 0.3 is 0 Å². The summed E-state index contributed by atoms with van der Waals surface area (Å²) in [4.78, 5) is 7.65. The monoisotopic (exact) mass is 283 g/mol. The fourth-order valence-electron chi connectivity index (χ4n) is 3.04. The number of H-pyrrole nitrogens is 1. The van der Waals surface area contributed by atoms with E-state index in [1.807, 2.05) is 18.5 Å². The molecule has 0 aliphatic carbocycles. The van der Waals surface area contributed by atoms with Crippen LogP contribution in [0.3, 0.4) is 0 Å². The maximum Gasteiger partial charge on any atom is 0.0733 e. The fourth-order valence-corrected chi connectivity index (χ4v) is 3.21. The highest BCUT2D eigenvalue weighted by Gasteiger charge is 2.24. The quantitative estimate of drug-likeness (QED) is 0.718. The summed E-state index contributed by atoms with van der Waals surface area (Å²) in [5.74, 6) is 0. The van der Waals surface area contributed by atoms with E-state index in [-0.39, 0.29) is 6.04 Å². The average Bonchev–Trinajstić information content (AvgIpc) is 2.86. The Hall–Kier alpha value is -1.84. The minimum Gasteiger partial charge on any atom is -0.357 e. The van der Waals surface area contributed by atoms with Gasteiger partial charge in [0.25, 0.3) is 0 Å². The maximum absolute atomic E-state index is 6.13. The van der Waals surface area contributed by atoms with Gasteiger partial charge < -0.3 is 10.3 Å². The Kier molecular flexibility index (Phi) is 2.76. The lowest BCUT2D eigenvalue weighted by Gasteiger charge is -2.24. The molecule has 0 saturated heterocycles. The minimum absolute atomic E-state index is 0.202. The lowest BCUT2D eigenvalue weighted by molar-refractivity contribution is 0.560. The van der Waals surface area contributed by atoms with Crippen molar-refractivity contribution >= 4 is 22.5 Å². The molecule has 0 spiro atoms. The van der Waals surface area contributed by atoms with Gasteiger partial charge in [0.15, 0.2) is 0 Å². The van der Waals surface area contributed by atoms with E-state index in [9.17, 15) is 0 Å². The van der Waals surface area contributed by atoms with E-state index in [1.165, 1.54) is 22.2 Å². The third-order valence-corrected chi connectivity index (χ3v) is 4.19. The highest BCUT2D eigenvalue weighted by molar-refractivity contribution is 6.31. The fraction of sp³-hybridized carbons (Fsp3) is 0.188. The molecule has 100 valence electrons. The van der Waals surface area contributed by atoms with Gasteiger partial charge in [-0.15, -0.1) is 0 Å². The SMILES string of the molecule is Clc1ccc2[nH]c3c(c2c1)CCNC3c1ccncc1. The van der Waals surface area contributed by atoms with E-state index in [0.717, 1.165) is 23.5 Å². The zero-order chi connectivity index (χ0) is 13.5. The number of rotatable bonds is 1. The van der Waals surface area contributed by atoms with Crippen molar-refractivity contribution in [1.29, 1.82) is 0 Å². The molecule has 1 aliphatic heterocycles. The molecule has 1 aromatic carbocycles. The molecule has 3 heterocycles. The molecule has 2 N–H and O–H groups in total. The van der Waals surface area contributed by atoms with Crippen molar-refractivity contribution in [2.24, 2.45) is 0 Å². The number of benzene rings is 1. The number of aromatic nitrogens is 2. The molecule has 1 aliphatic rings. The maximum atomic E-state index is 6.13. The first-order valence-electron chi connectivity index (χ1n) is 6.76. The lowest BCUT2D eigenvalue weighted by atomic mass is 9.95. The van der Waals surface area contributed by atoms with Gasteiger partial charge in [0.2, 0.25) is 0 Å². The molecule has 20 heavy (non-hydrogen) atoms. The van der Waals surface area contributed by atoms with Crippen molar-refractivity contribution in [2.45, 2.75) is 12.5 Å². The summed E-state index contributed by atoms with van der Waals surface area (Å²) >= 11 is 6.13. The summed E-state index contributed by atoms with van der Waals surface area (Å²) in [6.45, 7) is 0.972. The predicted molar refractivity (Wildman–Crippen MR) is 81.1 cm³/mol. The molecule has 0 radical (unpaired) electrons. The molecule has 2 aromatic heterocycles. The molecule has 3 nitrogen and oxygen atoms in total. The summed E-state index contributed by atoms with van der Waals surface area (Å²) < 4.78 is 0. The highest BCUT2D eigenvalue weighted by Crippen LogP contribution is 2.34. The predicted octanol–water partition coefficient (Wildman–Crippen LogP) is 3.45. The number of nitrogens with zero attached hydrogens (tertiary/aromatic N) is 1. The molecule has 1 atom stereocenters. The van der Waals surface area contributed by atoms with Gasteiger partial charge in [-0.2, -0.15) is 0 Å². The summed E-state index contributed by atoms with van der Waals surface area (Å²) in [6, 6.07) is 10.4. The summed E-state index contributed by atoms with van der Waals surface area (Å²) in [5, 5.41) is 5.61. The molecule has 3 aromatic rings. The average molecular weight is 284 g/mol. The van der Waals surface area contributed by atoms with Crippen LogP contribution < -0.4 is 5.32 Å². The van der Waals surface area contributed by atoms with E-state index < -0.39 is 0 Å². The van der Waals surface area contributed by atoms with Crippen molar-refractivity contribution < 1.29 is 0 Å². The summed E-state index contributed by atoms with van der Waals surface area (Å²) in [7, 11) is 0. The zero-order valence-corrected chi connectivity index (χ0v) is 11.6. The standard InChI is InChI=1S/C16H14ClN3/c17-11-1-2-14-13(9-11)12-5-8-19-15(16(12)20-14)10-3-6-18-7-4-10/h1-4,6-7,9,15,19-20H,5,8H2. The Labute approximate surface area is 122 Å². The lowest BCUT2D eigenvalue weighted by Crippen LogP contribution is -2.30. The van der Waals surface area contributed by atoms with Crippen molar-refractivity contribution in [3.8, 4) is 0 Å². The molecule has 1 unspecified atom stereocenters. The van der Waals surface area contributed by atoms with Crippen LogP contribution in [0, 0.1) is 0 Å². The number of halogens is 1. The van der Waals surface area contributed by atoms with E-state index >= 15 is 0 Å². The molecular formula is C16H14ClN3. The van der Waals surface area contributed by atoms with Gasteiger partial charge in [0.05, 0.1) is 6.04 Å². The van der Waals surface area contributed by atoms with Crippen LogP contribution in [0.15, 0.2) is 42.7 Å².